The fourth-order valence-electron chi connectivity index (χ4n) is 1.40. The summed E-state index contributed by atoms with van der Waals surface area (Å²) >= 11 is 0. The average Bonchev–Trinajstić information content (AvgIpc) is 2.39. The smallest absolute Gasteiger partial charge is 0.353 e. The summed E-state index contributed by atoms with van der Waals surface area (Å²) < 4.78 is 10.3. The second kappa shape index (κ2) is 4.60. The number of amides is 2. The van der Waals surface area contributed by atoms with Crippen molar-refractivity contribution < 1.29 is 14.3 Å². The number of benzene rings is 1. The first-order valence-electron chi connectivity index (χ1n) is 4.86. The first-order valence-corrected chi connectivity index (χ1v) is 4.86. The molecular weight excluding hydrogens is 224 g/mol. The van der Waals surface area contributed by atoms with Crippen LogP contribution in [-0.2, 0) is 0 Å². The second-order valence-electron chi connectivity index (χ2n) is 3.22. The van der Waals surface area contributed by atoms with Gasteiger partial charge in [-0.1, -0.05) is 0 Å². The zero-order valence-corrected chi connectivity index (χ0v) is 9.40. The Morgan fingerprint density at radius 2 is 1.88 bits per heavy atom. The second-order valence-corrected chi connectivity index (χ2v) is 3.22. The number of methoxy groups -OCH3 is 2. The Labute approximate surface area is 97.8 Å². The zero-order valence-electron chi connectivity index (χ0n) is 9.40. The van der Waals surface area contributed by atoms with E-state index in [0.29, 0.717) is 17.3 Å². The lowest BCUT2D eigenvalue weighted by atomic mass is 10.2. The first-order chi connectivity index (χ1) is 8.24. The number of hydrazone groups is 1. The van der Waals surface area contributed by atoms with Crippen molar-refractivity contribution in [2.24, 2.45) is 5.10 Å². The van der Waals surface area contributed by atoms with Gasteiger partial charge in [0.05, 0.1) is 14.2 Å². The summed E-state index contributed by atoms with van der Waals surface area (Å²) in [6.45, 7) is 0. The van der Waals surface area contributed by atoms with Gasteiger partial charge in [-0.2, -0.15) is 5.10 Å². The highest BCUT2D eigenvalue weighted by molar-refractivity contribution is 6.01. The Hall–Kier alpha value is -2.44. The van der Waals surface area contributed by atoms with E-state index in [1.807, 2.05) is 0 Å². The number of rotatable bonds is 3. The van der Waals surface area contributed by atoms with Crippen molar-refractivity contribution >= 4 is 11.9 Å². The van der Waals surface area contributed by atoms with Crippen molar-refractivity contribution in [1.82, 2.24) is 16.3 Å². The highest BCUT2D eigenvalue weighted by Crippen LogP contribution is 2.27. The number of nitrogens with zero attached hydrogens (tertiary/aromatic N) is 1. The SMILES string of the molecule is COc1ccc(C2=NNC(=O)NN2)cc1OC. The van der Waals surface area contributed by atoms with Crippen LogP contribution in [0.2, 0.25) is 0 Å². The van der Waals surface area contributed by atoms with E-state index in [2.05, 4.69) is 21.4 Å². The molecule has 1 aliphatic rings. The van der Waals surface area contributed by atoms with E-state index < -0.39 is 6.03 Å². The molecule has 2 amide bonds. The molecule has 0 spiro atoms. The maximum Gasteiger partial charge on any atom is 0.353 e. The van der Waals surface area contributed by atoms with Crippen LogP contribution >= 0.6 is 0 Å². The highest BCUT2D eigenvalue weighted by atomic mass is 16.5. The van der Waals surface area contributed by atoms with Crippen molar-refractivity contribution in [3.8, 4) is 11.5 Å². The Kier molecular flexibility index (Phi) is 2.99. The van der Waals surface area contributed by atoms with Gasteiger partial charge in [-0.05, 0) is 18.2 Å². The quantitative estimate of drug-likeness (QED) is 0.699. The number of hydrogen-bond acceptors (Lipinski definition) is 5. The molecule has 1 heterocycles. The lowest BCUT2D eigenvalue weighted by molar-refractivity contribution is 0.237. The molecule has 0 aliphatic carbocycles. The van der Waals surface area contributed by atoms with Crippen LogP contribution in [0, 0.1) is 0 Å². The van der Waals surface area contributed by atoms with E-state index in [4.69, 9.17) is 9.47 Å². The maximum absolute atomic E-state index is 10.8. The van der Waals surface area contributed by atoms with Crippen molar-refractivity contribution in [2.75, 3.05) is 14.2 Å². The van der Waals surface area contributed by atoms with E-state index in [-0.39, 0.29) is 0 Å². The Balaban J connectivity index is 2.30. The van der Waals surface area contributed by atoms with Gasteiger partial charge in [-0.3, -0.25) is 5.43 Å². The largest absolute Gasteiger partial charge is 0.493 e. The van der Waals surface area contributed by atoms with E-state index in [1.165, 1.54) is 0 Å². The minimum atomic E-state index is -0.408. The number of nitrogens with one attached hydrogen (secondary N) is 3. The molecule has 0 fully saturated rings. The molecule has 0 bridgehead atoms. The molecule has 0 aromatic heterocycles. The predicted octanol–water partition coefficient (Wildman–Crippen LogP) is 0.183. The lowest BCUT2D eigenvalue weighted by Gasteiger charge is -2.17. The average molecular weight is 236 g/mol. The zero-order chi connectivity index (χ0) is 12.3. The summed E-state index contributed by atoms with van der Waals surface area (Å²) in [7, 11) is 3.12. The van der Waals surface area contributed by atoms with E-state index in [9.17, 15) is 4.79 Å². The fraction of sp³-hybridized carbons (Fsp3) is 0.200. The summed E-state index contributed by atoms with van der Waals surface area (Å²) in [4.78, 5) is 10.8. The van der Waals surface area contributed by atoms with Crippen LogP contribution in [0.5, 0.6) is 11.5 Å². The van der Waals surface area contributed by atoms with Crippen LogP contribution in [0.4, 0.5) is 4.79 Å². The van der Waals surface area contributed by atoms with Gasteiger partial charge >= 0.3 is 6.03 Å². The monoisotopic (exact) mass is 236 g/mol. The number of ether oxygens (including phenoxy) is 2. The van der Waals surface area contributed by atoms with Crippen LogP contribution in [0.3, 0.4) is 0 Å². The minimum absolute atomic E-state index is 0.408. The molecule has 0 saturated carbocycles. The molecule has 1 aromatic rings. The van der Waals surface area contributed by atoms with Gasteiger partial charge in [0, 0.05) is 5.56 Å². The van der Waals surface area contributed by atoms with Gasteiger partial charge < -0.3 is 9.47 Å². The van der Waals surface area contributed by atoms with Crippen molar-refractivity contribution in [1.29, 1.82) is 0 Å². The van der Waals surface area contributed by atoms with Gasteiger partial charge in [-0.15, -0.1) is 0 Å². The maximum atomic E-state index is 10.8. The Morgan fingerprint density at radius 3 is 2.47 bits per heavy atom. The number of hydrazine groups is 1. The van der Waals surface area contributed by atoms with Gasteiger partial charge in [0.2, 0.25) is 0 Å². The highest BCUT2D eigenvalue weighted by Gasteiger charge is 2.13. The fourth-order valence-corrected chi connectivity index (χ4v) is 1.40. The normalized spacial score (nSPS) is 14.0. The van der Waals surface area contributed by atoms with Crippen LogP contribution < -0.4 is 25.8 Å². The summed E-state index contributed by atoms with van der Waals surface area (Å²) in [5, 5.41) is 3.86. The molecule has 1 aromatic carbocycles. The molecule has 3 N–H and O–H groups in total. The lowest BCUT2D eigenvalue weighted by Crippen LogP contribution is -2.51. The standard InChI is InChI=1S/C10H12N4O3/c1-16-7-4-3-6(5-8(7)17-2)9-11-13-10(15)14-12-9/h3-5H,1-2H3,(H,11,12)(H2,13,14,15). The molecule has 7 nitrogen and oxygen atoms in total. The molecule has 2 rings (SSSR count). The summed E-state index contributed by atoms with van der Waals surface area (Å²) in [6.07, 6.45) is 0. The first kappa shape index (κ1) is 11.1. The molecule has 0 atom stereocenters. The van der Waals surface area contributed by atoms with Crippen molar-refractivity contribution in [2.45, 2.75) is 0 Å². The van der Waals surface area contributed by atoms with Crippen LogP contribution in [0.15, 0.2) is 23.3 Å². The van der Waals surface area contributed by atoms with Gasteiger partial charge in [0.15, 0.2) is 17.3 Å². The number of hydrogen-bond donors (Lipinski definition) is 3. The summed E-state index contributed by atoms with van der Waals surface area (Å²) in [5.41, 5.74) is 8.12. The van der Waals surface area contributed by atoms with Gasteiger partial charge in [0.25, 0.3) is 0 Å². The minimum Gasteiger partial charge on any atom is -0.493 e. The van der Waals surface area contributed by atoms with Crippen LogP contribution in [-0.4, -0.2) is 26.1 Å². The predicted molar refractivity (Wildman–Crippen MR) is 60.9 cm³/mol. The molecule has 1 aliphatic heterocycles. The molecule has 0 saturated heterocycles. The van der Waals surface area contributed by atoms with Crippen molar-refractivity contribution in [3.05, 3.63) is 23.8 Å². The molecule has 90 valence electrons. The van der Waals surface area contributed by atoms with E-state index in [1.54, 1.807) is 32.4 Å². The van der Waals surface area contributed by atoms with Crippen LogP contribution in [0.1, 0.15) is 5.56 Å². The Morgan fingerprint density at radius 1 is 1.12 bits per heavy atom. The van der Waals surface area contributed by atoms with Crippen molar-refractivity contribution in [3.63, 3.8) is 0 Å². The third kappa shape index (κ3) is 2.22. The summed E-state index contributed by atoms with van der Waals surface area (Å²) in [6, 6.07) is 4.90. The number of urea groups is 1. The molecule has 0 unspecified atom stereocenters. The molecule has 17 heavy (non-hydrogen) atoms. The van der Waals surface area contributed by atoms with E-state index in [0.717, 1.165) is 5.56 Å². The number of amidine groups is 1. The van der Waals surface area contributed by atoms with Gasteiger partial charge in [-0.25, -0.2) is 15.6 Å². The number of carbonyl (C=O) groups is 1. The summed E-state index contributed by atoms with van der Waals surface area (Å²) in [5.74, 6) is 1.71. The number of carbonyl (C=O) groups excluding carboxylic acids is 1. The molecular formula is C10H12N4O3. The topological polar surface area (TPSA) is 84.0 Å². The molecule has 0 radical (unpaired) electrons. The molecule has 7 heteroatoms. The van der Waals surface area contributed by atoms with Crippen LogP contribution in [0.25, 0.3) is 0 Å². The Bertz CT molecular complexity index is 473. The van der Waals surface area contributed by atoms with Gasteiger partial charge in [0.1, 0.15) is 0 Å². The van der Waals surface area contributed by atoms with E-state index >= 15 is 0 Å². The third-order valence-electron chi connectivity index (χ3n) is 2.22. The third-order valence-corrected chi connectivity index (χ3v) is 2.22.